The van der Waals surface area contributed by atoms with Gasteiger partial charge in [-0.2, -0.15) is 0 Å². The number of ether oxygens (including phenoxy) is 2. The fraction of sp³-hybridized carbons (Fsp3) is 0.500. The van der Waals surface area contributed by atoms with E-state index in [0.717, 1.165) is 18.4 Å². The molecule has 1 aliphatic carbocycles. The molecule has 1 saturated carbocycles. The fourth-order valence-corrected chi connectivity index (χ4v) is 4.57. The van der Waals surface area contributed by atoms with Crippen LogP contribution in [0.3, 0.4) is 0 Å². The Balaban J connectivity index is 1.65. The van der Waals surface area contributed by atoms with Crippen molar-refractivity contribution in [2.45, 2.75) is 64.0 Å². The van der Waals surface area contributed by atoms with Crippen molar-refractivity contribution in [2.75, 3.05) is 11.8 Å². The monoisotopic (exact) mass is 487 g/mol. The maximum atomic E-state index is 13.4. The Labute approximate surface area is 199 Å². The van der Waals surface area contributed by atoms with E-state index < -0.39 is 21.4 Å². The SMILES string of the molecule is COc1cccc(-c2nnc(NS(=O)(=O)[C@@H](C)[C@@H](OC(C)C)c3ncc(C)cn3)n2C2CC2)n1. The summed E-state index contributed by atoms with van der Waals surface area (Å²) >= 11 is 0. The lowest BCUT2D eigenvalue weighted by molar-refractivity contribution is 0.00152. The van der Waals surface area contributed by atoms with E-state index in [4.69, 9.17) is 9.47 Å². The zero-order valence-corrected chi connectivity index (χ0v) is 20.7. The van der Waals surface area contributed by atoms with Crippen molar-refractivity contribution in [3.8, 4) is 17.4 Å². The molecule has 3 aromatic heterocycles. The second-order valence-electron chi connectivity index (χ2n) is 8.59. The van der Waals surface area contributed by atoms with Crippen LogP contribution in [-0.2, 0) is 14.8 Å². The molecule has 0 aliphatic heterocycles. The van der Waals surface area contributed by atoms with Gasteiger partial charge in [0.15, 0.2) is 11.6 Å². The molecule has 0 amide bonds. The van der Waals surface area contributed by atoms with Crippen molar-refractivity contribution in [1.29, 1.82) is 0 Å². The molecule has 3 heterocycles. The number of aryl methyl sites for hydroxylation is 1. The van der Waals surface area contributed by atoms with Gasteiger partial charge in [0.05, 0.1) is 13.2 Å². The first-order valence-electron chi connectivity index (χ1n) is 11.1. The summed E-state index contributed by atoms with van der Waals surface area (Å²) in [5, 5.41) is 7.39. The third-order valence-electron chi connectivity index (χ3n) is 5.39. The van der Waals surface area contributed by atoms with Crippen LogP contribution in [0, 0.1) is 6.92 Å². The number of sulfonamides is 1. The second kappa shape index (κ2) is 9.63. The van der Waals surface area contributed by atoms with Gasteiger partial charge in [0.1, 0.15) is 17.0 Å². The molecule has 34 heavy (non-hydrogen) atoms. The van der Waals surface area contributed by atoms with Gasteiger partial charge in [-0.05, 0) is 52.2 Å². The molecule has 3 aromatic rings. The third kappa shape index (κ3) is 5.17. The summed E-state index contributed by atoms with van der Waals surface area (Å²) in [6, 6.07) is 5.41. The first kappa shape index (κ1) is 24.0. The highest BCUT2D eigenvalue weighted by Gasteiger charge is 2.37. The maximum Gasteiger partial charge on any atom is 0.240 e. The topological polar surface area (TPSA) is 134 Å². The Morgan fingerprint density at radius 1 is 1.12 bits per heavy atom. The molecule has 2 atom stereocenters. The summed E-state index contributed by atoms with van der Waals surface area (Å²) in [6.07, 6.45) is 3.99. The van der Waals surface area contributed by atoms with Gasteiger partial charge >= 0.3 is 0 Å². The molecule has 12 heteroatoms. The lowest BCUT2D eigenvalue weighted by Crippen LogP contribution is -2.35. The number of hydrogen-bond donors (Lipinski definition) is 1. The summed E-state index contributed by atoms with van der Waals surface area (Å²) in [7, 11) is -2.42. The Morgan fingerprint density at radius 2 is 1.82 bits per heavy atom. The van der Waals surface area contributed by atoms with Gasteiger partial charge in [-0.1, -0.05) is 6.07 Å². The van der Waals surface area contributed by atoms with E-state index in [-0.39, 0.29) is 18.1 Å². The molecule has 0 radical (unpaired) electrons. The van der Waals surface area contributed by atoms with Crippen LogP contribution in [0.5, 0.6) is 5.88 Å². The molecule has 0 saturated heterocycles. The van der Waals surface area contributed by atoms with E-state index in [9.17, 15) is 8.42 Å². The van der Waals surface area contributed by atoms with Gasteiger partial charge in [0.25, 0.3) is 0 Å². The summed E-state index contributed by atoms with van der Waals surface area (Å²) < 4.78 is 42.4. The number of nitrogens with zero attached hydrogens (tertiary/aromatic N) is 6. The molecule has 0 spiro atoms. The minimum atomic E-state index is -3.95. The second-order valence-corrected chi connectivity index (χ2v) is 10.6. The molecule has 182 valence electrons. The molecule has 11 nitrogen and oxygen atoms in total. The number of pyridine rings is 1. The fourth-order valence-electron chi connectivity index (χ4n) is 3.47. The predicted molar refractivity (Wildman–Crippen MR) is 126 cm³/mol. The number of nitrogens with one attached hydrogen (secondary N) is 1. The molecule has 1 aliphatic rings. The Hall–Kier alpha value is -3.12. The van der Waals surface area contributed by atoms with Gasteiger partial charge < -0.3 is 9.47 Å². The van der Waals surface area contributed by atoms with Crippen LogP contribution in [0.1, 0.15) is 57.1 Å². The van der Waals surface area contributed by atoms with Crippen molar-refractivity contribution >= 4 is 16.0 Å². The van der Waals surface area contributed by atoms with Crippen LogP contribution in [0.25, 0.3) is 11.5 Å². The van der Waals surface area contributed by atoms with Crippen LogP contribution in [0.15, 0.2) is 30.6 Å². The van der Waals surface area contributed by atoms with E-state index in [1.165, 1.54) is 7.11 Å². The molecule has 1 N–H and O–H groups in total. The number of aromatic nitrogens is 6. The van der Waals surface area contributed by atoms with E-state index in [0.29, 0.717) is 23.2 Å². The van der Waals surface area contributed by atoms with E-state index in [1.54, 1.807) is 42.1 Å². The molecule has 0 unspecified atom stereocenters. The number of hydrogen-bond acceptors (Lipinski definition) is 9. The molecule has 1 fully saturated rings. The predicted octanol–water partition coefficient (Wildman–Crippen LogP) is 3.08. The average Bonchev–Trinajstić information content (AvgIpc) is 3.57. The normalized spacial score (nSPS) is 15.8. The molecule has 0 aromatic carbocycles. The number of rotatable bonds is 10. The zero-order valence-electron chi connectivity index (χ0n) is 19.8. The van der Waals surface area contributed by atoms with Crippen LogP contribution >= 0.6 is 0 Å². The van der Waals surface area contributed by atoms with Crippen LogP contribution in [0.4, 0.5) is 5.95 Å². The lowest BCUT2D eigenvalue weighted by Gasteiger charge is -2.25. The third-order valence-corrected chi connectivity index (χ3v) is 7.09. The first-order chi connectivity index (χ1) is 16.2. The smallest absolute Gasteiger partial charge is 0.240 e. The highest BCUT2D eigenvalue weighted by atomic mass is 32.2. The lowest BCUT2D eigenvalue weighted by atomic mass is 10.2. The summed E-state index contributed by atoms with van der Waals surface area (Å²) in [5.74, 6) is 1.36. The molecule has 0 bridgehead atoms. The van der Waals surface area contributed by atoms with Crippen molar-refractivity contribution in [2.24, 2.45) is 0 Å². The van der Waals surface area contributed by atoms with Crippen LogP contribution in [-0.4, -0.2) is 56.6 Å². The Bertz CT molecular complexity index is 1240. The maximum absolute atomic E-state index is 13.4. The summed E-state index contributed by atoms with van der Waals surface area (Å²) in [4.78, 5) is 13.0. The zero-order chi connectivity index (χ0) is 24.5. The molecule has 4 rings (SSSR count). The summed E-state index contributed by atoms with van der Waals surface area (Å²) in [5.41, 5.74) is 1.42. The van der Waals surface area contributed by atoms with E-state index in [1.807, 2.05) is 20.8 Å². The van der Waals surface area contributed by atoms with Crippen molar-refractivity contribution in [1.82, 2.24) is 29.7 Å². The molecular weight excluding hydrogens is 458 g/mol. The Morgan fingerprint density at radius 3 is 2.44 bits per heavy atom. The van der Waals surface area contributed by atoms with Gasteiger partial charge in [0.2, 0.25) is 21.9 Å². The summed E-state index contributed by atoms with van der Waals surface area (Å²) in [6.45, 7) is 7.11. The van der Waals surface area contributed by atoms with Crippen molar-refractivity contribution in [3.05, 3.63) is 42.0 Å². The van der Waals surface area contributed by atoms with E-state index in [2.05, 4.69) is 29.9 Å². The van der Waals surface area contributed by atoms with Gasteiger partial charge in [-0.3, -0.25) is 9.29 Å². The van der Waals surface area contributed by atoms with Gasteiger partial charge in [-0.15, -0.1) is 10.2 Å². The van der Waals surface area contributed by atoms with Crippen LogP contribution < -0.4 is 9.46 Å². The number of anilines is 1. The highest BCUT2D eigenvalue weighted by Crippen LogP contribution is 2.40. The first-order valence-corrected chi connectivity index (χ1v) is 12.7. The quantitative estimate of drug-likeness (QED) is 0.458. The highest BCUT2D eigenvalue weighted by molar-refractivity contribution is 7.93. The van der Waals surface area contributed by atoms with Gasteiger partial charge in [0, 0.05) is 24.5 Å². The van der Waals surface area contributed by atoms with Crippen LogP contribution in [0.2, 0.25) is 0 Å². The minimum absolute atomic E-state index is 0.0918. The minimum Gasteiger partial charge on any atom is -0.481 e. The van der Waals surface area contributed by atoms with Crippen molar-refractivity contribution in [3.63, 3.8) is 0 Å². The van der Waals surface area contributed by atoms with Crippen molar-refractivity contribution < 1.29 is 17.9 Å². The molecular formula is C22H29N7O4S. The average molecular weight is 488 g/mol. The number of methoxy groups -OCH3 is 1. The largest absolute Gasteiger partial charge is 0.481 e. The Kier molecular flexibility index (Phi) is 6.80. The standard InChI is InChI=1S/C22H29N7O4S/c1-13(2)33-19(20-23-11-14(3)12-24-20)15(4)34(30,31)28-22-27-26-21(29(22)16-9-10-16)17-7-6-8-18(25-17)32-5/h6-8,11-13,15-16,19H,9-10H2,1-5H3,(H,27,28)/t15-,19+/m0/s1. The van der Waals surface area contributed by atoms with E-state index >= 15 is 0 Å². The van der Waals surface area contributed by atoms with Gasteiger partial charge in [-0.25, -0.2) is 23.4 Å².